The van der Waals surface area contributed by atoms with Gasteiger partial charge in [0.25, 0.3) is 5.56 Å². The molecule has 0 N–H and O–H groups in total. The van der Waals surface area contributed by atoms with Crippen LogP contribution in [0.5, 0.6) is 0 Å². The highest BCUT2D eigenvalue weighted by molar-refractivity contribution is 7.18. The van der Waals surface area contributed by atoms with E-state index in [1.54, 1.807) is 15.9 Å². The average molecular weight is 326 g/mol. The fourth-order valence-corrected chi connectivity index (χ4v) is 3.87. The summed E-state index contributed by atoms with van der Waals surface area (Å²) < 4.78 is 1.78. The normalized spacial score (nSPS) is 11.6. The smallest absolute Gasteiger partial charge is 0.262 e. The molecular weight excluding hydrogens is 304 g/mol. The highest BCUT2D eigenvalue weighted by Gasteiger charge is 2.14. The van der Waals surface area contributed by atoms with Gasteiger partial charge in [0, 0.05) is 4.88 Å². The number of benzene rings is 1. The molecule has 0 saturated carbocycles. The molecule has 4 heteroatoms. The minimum Gasteiger partial charge on any atom is -0.292 e. The lowest BCUT2D eigenvalue weighted by atomic mass is 10.0. The summed E-state index contributed by atoms with van der Waals surface area (Å²) in [5.41, 5.74) is 3.58. The maximum Gasteiger partial charge on any atom is 0.262 e. The van der Waals surface area contributed by atoms with Crippen molar-refractivity contribution < 1.29 is 0 Å². The number of hydrogen-bond donors (Lipinski definition) is 0. The first-order valence-electron chi connectivity index (χ1n) is 7.94. The van der Waals surface area contributed by atoms with Crippen LogP contribution in [0.4, 0.5) is 0 Å². The van der Waals surface area contributed by atoms with Crippen LogP contribution in [0.15, 0.2) is 29.1 Å². The lowest BCUT2D eigenvalue weighted by molar-refractivity contribution is 0.712. The number of nitrogens with zero attached hydrogens (tertiary/aromatic N) is 2. The summed E-state index contributed by atoms with van der Waals surface area (Å²) in [5, 5.41) is 0.775. The minimum absolute atomic E-state index is 0.0716. The van der Waals surface area contributed by atoms with Crippen LogP contribution in [0.25, 0.3) is 10.2 Å². The van der Waals surface area contributed by atoms with Crippen molar-refractivity contribution in [3.05, 3.63) is 62.0 Å². The van der Waals surface area contributed by atoms with Gasteiger partial charge in [-0.1, -0.05) is 38.1 Å². The fourth-order valence-electron chi connectivity index (χ4n) is 2.81. The summed E-state index contributed by atoms with van der Waals surface area (Å²) in [6.45, 7) is 10.9. The molecule has 0 saturated heterocycles. The SMILES string of the molecule is Cc1sc2nc(C)n(Cc3ccc(C(C)C)cc3)c(=O)c2c1C. The van der Waals surface area contributed by atoms with Gasteiger partial charge in [0.05, 0.1) is 11.9 Å². The van der Waals surface area contributed by atoms with Crippen molar-refractivity contribution in [1.82, 2.24) is 9.55 Å². The molecule has 0 spiro atoms. The lowest BCUT2D eigenvalue weighted by Gasteiger charge is -2.11. The van der Waals surface area contributed by atoms with Crippen LogP contribution < -0.4 is 5.56 Å². The van der Waals surface area contributed by atoms with E-state index in [0.29, 0.717) is 12.5 Å². The number of thiophene rings is 1. The topological polar surface area (TPSA) is 34.9 Å². The van der Waals surface area contributed by atoms with Gasteiger partial charge in [-0.05, 0) is 43.4 Å². The molecule has 0 radical (unpaired) electrons. The molecule has 0 unspecified atom stereocenters. The molecule has 3 aromatic rings. The van der Waals surface area contributed by atoms with E-state index in [9.17, 15) is 4.79 Å². The summed E-state index contributed by atoms with van der Waals surface area (Å²) in [4.78, 5) is 19.6. The van der Waals surface area contributed by atoms with Gasteiger partial charge in [0.15, 0.2) is 0 Å². The minimum atomic E-state index is 0.0716. The van der Waals surface area contributed by atoms with E-state index < -0.39 is 0 Å². The number of rotatable bonds is 3. The zero-order valence-corrected chi connectivity index (χ0v) is 15.1. The number of aromatic nitrogens is 2. The molecule has 0 aliphatic heterocycles. The Hall–Kier alpha value is -1.94. The molecule has 0 bridgehead atoms. The van der Waals surface area contributed by atoms with Crippen LogP contribution in [0, 0.1) is 20.8 Å². The lowest BCUT2D eigenvalue weighted by Crippen LogP contribution is -2.24. The standard InChI is InChI=1S/C19H22N2OS/c1-11(2)16-8-6-15(7-9-16)10-21-14(5)20-18-17(19(21)22)12(3)13(4)23-18/h6-9,11H,10H2,1-5H3. The van der Waals surface area contributed by atoms with Crippen molar-refractivity contribution in [2.45, 2.75) is 47.1 Å². The molecule has 1 aromatic carbocycles. The maximum atomic E-state index is 12.9. The second-order valence-corrected chi connectivity index (χ2v) is 7.61. The molecule has 23 heavy (non-hydrogen) atoms. The summed E-state index contributed by atoms with van der Waals surface area (Å²) in [5.74, 6) is 1.29. The van der Waals surface area contributed by atoms with Gasteiger partial charge in [-0.3, -0.25) is 9.36 Å². The van der Waals surface area contributed by atoms with Crippen molar-refractivity contribution in [2.24, 2.45) is 0 Å². The first kappa shape index (κ1) is 15.9. The highest BCUT2D eigenvalue weighted by atomic mass is 32.1. The van der Waals surface area contributed by atoms with Crippen molar-refractivity contribution in [3.63, 3.8) is 0 Å². The third-order valence-corrected chi connectivity index (χ3v) is 5.57. The van der Waals surface area contributed by atoms with Crippen molar-refractivity contribution in [3.8, 4) is 0 Å². The van der Waals surface area contributed by atoms with Gasteiger partial charge < -0.3 is 0 Å². The van der Waals surface area contributed by atoms with Crippen LogP contribution in [-0.4, -0.2) is 9.55 Å². The Bertz CT molecular complexity index is 917. The molecule has 0 atom stereocenters. The predicted molar refractivity (Wildman–Crippen MR) is 97.7 cm³/mol. The molecule has 0 amide bonds. The molecule has 0 aliphatic carbocycles. The van der Waals surface area contributed by atoms with E-state index in [4.69, 9.17) is 0 Å². The van der Waals surface area contributed by atoms with Crippen LogP contribution in [0.3, 0.4) is 0 Å². The molecule has 2 heterocycles. The van der Waals surface area contributed by atoms with Gasteiger partial charge in [-0.2, -0.15) is 0 Å². The second kappa shape index (κ2) is 5.93. The third kappa shape index (κ3) is 2.83. The Kier molecular flexibility index (Phi) is 4.11. The number of fused-ring (bicyclic) bond motifs is 1. The summed E-state index contributed by atoms with van der Waals surface area (Å²) in [6, 6.07) is 8.51. The van der Waals surface area contributed by atoms with Gasteiger partial charge in [0.1, 0.15) is 10.7 Å². The Labute approximate surface area is 140 Å². The molecule has 120 valence electrons. The number of hydrogen-bond acceptors (Lipinski definition) is 3. The largest absolute Gasteiger partial charge is 0.292 e. The fraction of sp³-hybridized carbons (Fsp3) is 0.368. The molecule has 3 nitrogen and oxygen atoms in total. The van der Waals surface area contributed by atoms with E-state index in [1.807, 2.05) is 20.8 Å². The monoisotopic (exact) mass is 326 g/mol. The van der Waals surface area contributed by atoms with Gasteiger partial charge >= 0.3 is 0 Å². The first-order chi connectivity index (χ1) is 10.9. The zero-order valence-electron chi connectivity index (χ0n) is 14.3. The molecular formula is C19H22N2OS. The number of aryl methyl sites for hydroxylation is 3. The van der Waals surface area contributed by atoms with Crippen LogP contribution in [0.1, 0.15) is 47.2 Å². The molecule has 3 rings (SSSR count). The van der Waals surface area contributed by atoms with E-state index in [2.05, 4.69) is 43.1 Å². The van der Waals surface area contributed by atoms with E-state index >= 15 is 0 Å². The van der Waals surface area contributed by atoms with Gasteiger partial charge in [-0.15, -0.1) is 11.3 Å². The Morgan fingerprint density at radius 1 is 1.13 bits per heavy atom. The quantitative estimate of drug-likeness (QED) is 0.707. The van der Waals surface area contributed by atoms with E-state index in [1.165, 1.54) is 10.4 Å². The zero-order chi connectivity index (χ0) is 16.7. The van der Waals surface area contributed by atoms with Gasteiger partial charge in [-0.25, -0.2) is 4.98 Å². The first-order valence-corrected chi connectivity index (χ1v) is 8.76. The third-order valence-electron chi connectivity index (χ3n) is 4.47. The van der Waals surface area contributed by atoms with Crippen molar-refractivity contribution >= 4 is 21.6 Å². The summed E-state index contributed by atoms with van der Waals surface area (Å²) >= 11 is 1.60. The molecule has 0 aliphatic rings. The van der Waals surface area contributed by atoms with Crippen LogP contribution in [0.2, 0.25) is 0 Å². The Balaban J connectivity index is 2.06. The predicted octanol–water partition coefficient (Wildman–Crippen LogP) is 4.55. The van der Waals surface area contributed by atoms with E-state index in [-0.39, 0.29) is 5.56 Å². The van der Waals surface area contributed by atoms with E-state index in [0.717, 1.165) is 27.2 Å². The summed E-state index contributed by atoms with van der Waals surface area (Å²) in [6.07, 6.45) is 0. The van der Waals surface area contributed by atoms with Gasteiger partial charge in [0.2, 0.25) is 0 Å². The Morgan fingerprint density at radius 2 is 1.78 bits per heavy atom. The molecule has 2 aromatic heterocycles. The van der Waals surface area contributed by atoms with Crippen LogP contribution >= 0.6 is 11.3 Å². The molecule has 0 fully saturated rings. The highest BCUT2D eigenvalue weighted by Crippen LogP contribution is 2.26. The Morgan fingerprint density at radius 3 is 2.39 bits per heavy atom. The second-order valence-electron chi connectivity index (χ2n) is 6.41. The summed E-state index contributed by atoms with van der Waals surface area (Å²) in [7, 11) is 0. The van der Waals surface area contributed by atoms with Crippen molar-refractivity contribution in [1.29, 1.82) is 0 Å². The van der Waals surface area contributed by atoms with Crippen molar-refractivity contribution in [2.75, 3.05) is 0 Å². The average Bonchev–Trinajstić information content (AvgIpc) is 2.78. The maximum absolute atomic E-state index is 12.9. The van der Waals surface area contributed by atoms with Crippen LogP contribution in [-0.2, 0) is 6.54 Å².